The molecule has 0 radical (unpaired) electrons. The smallest absolute Gasteiger partial charge is 0.170 e. The standard InChI is InChI=1S/C25H29N5S/c1-17-16-20(18(2)29(17)22-13-7-9-15-27-22)24-23(21-12-6-8-14-26-21)28-25(31)30(24)19-10-4-3-5-11-19/h6-9,12-16,19,23-24H,3-5,10-11H2,1-2H3,(H,28,31)/t23-,24+/m0/s1. The zero-order valence-corrected chi connectivity index (χ0v) is 19.0. The minimum atomic E-state index is 0.0355. The topological polar surface area (TPSA) is 46.0 Å². The van der Waals surface area contributed by atoms with Gasteiger partial charge in [-0.05, 0) is 74.8 Å². The molecule has 3 aromatic heterocycles. The molecule has 160 valence electrons. The molecule has 6 heteroatoms. The van der Waals surface area contributed by atoms with E-state index in [1.54, 1.807) is 0 Å². The summed E-state index contributed by atoms with van der Waals surface area (Å²) in [5, 5.41) is 4.49. The van der Waals surface area contributed by atoms with Crippen LogP contribution in [0.1, 0.15) is 66.8 Å². The lowest BCUT2D eigenvalue weighted by Gasteiger charge is -2.37. The van der Waals surface area contributed by atoms with Gasteiger partial charge in [-0.15, -0.1) is 0 Å². The van der Waals surface area contributed by atoms with Gasteiger partial charge in [0.1, 0.15) is 5.82 Å². The van der Waals surface area contributed by atoms with Crippen LogP contribution in [0.2, 0.25) is 0 Å². The Bertz CT molecular complexity index is 1060. The number of nitrogens with one attached hydrogen (secondary N) is 1. The van der Waals surface area contributed by atoms with Crippen molar-refractivity contribution in [2.75, 3.05) is 0 Å². The highest BCUT2D eigenvalue weighted by Gasteiger charge is 2.44. The molecule has 0 unspecified atom stereocenters. The molecule has 0 spiro atoms. The SMILES string of the molecule is Cc1cc([C@@H]2[C@H](c3ccccn3)NC(=S)N2C2CCCCC2)c(C)n1-c1ccccn1. The first-order chi connectivity index (χ1) is 15.1. The molecule has 0 aromatic carbocycles. The molecule has 5 rings (SSSR count). The number of rotatable bonds is 4. The largest absolute Gasteiger partial charge is 0.352 e. The summed E-state index contributed by atoms with van der Waals surface area (Å²) in [5.41, 5.74) is 4.74. The molecule has 3 aromatic rings. The fraction of sp³-hybridized carbons (Fsp3) is 0.400. The lowest BCUT2D eigenvalue weighted by molar-refractivity contribution is 0.197. The molecular formula is C25H29N5S. The summed E-state index contributed by atoms with van der Waals surface area (Å²) in [4.78, 5) is 11.8. The van der Waals surface area contributed by atoms with Crippen LogP contribution in [-0.4, -0.2) is 30.6 Å². The number of hydrogen-bond donors (Lipinski definition) is 1. The van der Waals surface area contributed by atoms with Crippen molar-refractivity contribution in [1.82, 2.24) is 24.8 Å². The minimum absolute atomic E-state index is 0.0355. The van der Waals surface area contributed by atoms with E-state index < -0.39 is 0 Å². The van der Waals surface area contributed by atoms with Crippen LogP contribution in [0.15, 0.2) is 54.9 Å². The summed E-state index contributed by atoms with van der Waals surface area (Å²) < 4.78 is 2.26. The van der Waals surface area contributed by atoms with Gasteiger partial charge in [0, 0.05) is 29.8 Å². The highest BCUT2D eigenvalue weighted by atomic mass is 32.1. The maximum Gasteiger partial charge on any atom is 0.170 e. The summed E-state index contributed by atoms with van der Waals surface area (Å²) in [7, 11) is 0. The predicted molar refractivity (Wildman–Crippen MR) is 127 cm³/mol. The quantitative estimate of drug-likeness (QED) is 0.576. The molecular weight excluding hydrogens is 402 g/mol. The highest BCUT2D eigenvalue weighted by Crippen LogP contribution is 2.44. The Morgan fingerprint density at radius 1 is 0.968 bits per heavy atom. The van der Waals surface area contributed by atoms with E-state index in [0.29, 0.717) is 6.04 Å². The molecule has 1 saturated heterocycles. The van der Waals surface area contributed by atoms with Gasteiger partial charge in [-0.1, -0.05) is 31.4 Å². The van der Waals surface area contributed by atoms with Gasteiger partial charge in [-0.3, -0.25) is 4.98 Å². The maximum atomic E-state index is 5.92. The maximum absolute atomic E-state index is 5.92. The molecule has 0 bridgehead atoms. The number of thiocarbonyl (C=S) groups is 1. The third-order valence-corrected chi connectivity index (χ3v) is 7.10. The van der Waals surface area contributed by atoms with Crippen molar-refractivity contribution >= 4 is 17.3 Å². The van der Waals surface area contributed by atoms with Crippen molar-refractivity contribution in [2.45, 2.75) is 64.1 Å². The molecule has 31 heavy (non-hydrogen) atoms. The van der Waals surface area contributed by atoms with Crippen LogP contribution in [0, 0.1) is 13.8 Å². The van der Waals surface area contributed by atoms with Gasteiger partial charge in [0.2, 0.25) is 0 Å². The molecule has 0 amide bonds. The molecule has 2 fully saturated rings. The second-order valence-electron chi connectivity index (χ2n) is 8.68. The fourth-order valence-electron chi connectivity index (χ4n) is 5.38. The van der Waals surface area contributed by atoms with Crippen molar-refractivity contribution in [3.8, 4) is 5.82 Å². The predicted octanol–water partition coefficient (Wildman–Crippen LogP) is 5.19. The summed E-state index contributed by atoms with van der Waals surface area (Å²) in [5.74, 6) is 0.955. The van der Waals surface area contributed by atoms with Crippen LogP contribution in [-0.2, 0) is 0 Å². The number of hydrogen-bond acceptors (Lipinski definition) is 3. The van der Waals surface area contributed by atoms with Gasteiger partial charge < -0.3 is 14.8 Å². The second kappa shape index (κ2) is 8.42. The number of aromatic nitrogens is 3. The van der Waals surface area contributed by atoms with E-state index in [9.17, 15) is 0 Å². The van der Waals surface area contributed by atoms with E-state index in [4.69, 9.17) is 17.2 Å². The average molecular weight is 432 g/mol. The van der Waals surface area contributed by atoms with Crippen LogP contribution >= 0.6 is 12.2 Å². The van der Waals surface area contributed by atoms with Crippen molar-refractivity contribution < 1.29 is 0 Å². The van der Waals surface area contributed by atoms with Gasteiger partial charge in [0.25, 0.3) is 0 Å². The van der Waals surface area contributed by atoms with Crippen molar-refractivity contribution in [1.29, 1.82) is 0 Å². The summed E-state index contributed by atoms with van der Waals surface area (Å²) in [6.07, 6.45) is 10.0. The van der Waals surface area contributed by atoms with Gasteiger partial charge >= 0.3 is 0 Å². The van der Waals surface area contributed by atoms with Gasteiger partial charge in [0.15, 0.2) is 5.11 Å². The third kappa shape index (κ3) is 3.63. The van der Waals surface area contributed by atoms with E-state index >= 15 is 0 Å². The van der Waals surface area contributed by atoms with E-state index in [2.05, 4.69) is 57.9 Å². The molecule has 5 nitrogen and oxygen atoms in total. The molecule has 1 aliphatic heterocycles. The zero-order valence-electron chi connectivity index (χ0n) is 18.2. The van der Waals surface area contributed by atoms with E-state index in [1.165, 1.54) is 49.1 Å². The summed E-state index contributed by atoms with van der Waals surface area (Å²) in [6.45, 7) is 4.36. The molecule has 1 N–H and O–H groups in total. The van der Waals surface area contributed by atoms with E-state index in [0.717, 1.165) is 16.6 Å². The van der Waals surface area contributed by atoms with Crippen molar-refractivity contribution in [3.63, 3.8) is 0 Å². The number of aryl methyl sites for hydroxylation is 1. The lowest BCUT2D eigenvalue weighted by atomic mass is 9.90. The number of nitrogens with zero attached hydrogens (tertiary/aromatic N) is 4. The van der Waals surface area contributed by atoms with Crippen LogP contribution in [0.25, 0.3) is 5.82 Å². The molecule has 2 atom stereocenters. The van der Waals surface area contributed by atoms with Crippen molar-refractivity contribution in [3.05, 3.63) is 77.5 Å². The Kier molecular flexibility index (Phi) is 5.48. The molecule has 1 saturated carbocycles. The summed E-state index contributed by atoms with van der Waals surface area (Å²) >= 11 is 5.92. The highest BCUT2D eigenvalue weighted by molar-refractivity contribution is 7.80. The Balaban J connectivity index is 1.62. The Labute approximate surface area is 189 Å². The zero-order chi connectivity index (χ0) is 21.4. The van der Waals surface area contributed by atoms with Crippen molar-refractivity contribution in [2.24, 2.45) is 0 Å². The second-order valence-corrected chi connectivity index (χ2v) is 9.06. The van der Waals surface area contributed by atoms with Crippen LogP contribution in [0.3, 0.4) is 0 Å². The lowest BCUT2D eigenvalue weighted by Crippen LogP contribution is -2.40. The van der Waals surface area contributed by atoms with Gasteiger partial charge in [-0.2, -0.15) is 0 Å². The first kappa shape index (κ1) is 20.2. The third-order valence-electron chi connectivity index (χ3n) is 6.77. The number of pyridine rings is 2. The monoisotopic (exact) mass is 431 g/mol. The fourth-order valence-corrected chi connectivity index (χ4v) is 5.77. The van der Waals surface area contributed by atoms with E-state index in [1.807, 2.05) is 30.6 Å². The Morgan fingerprint density at radius 3 is 2.39 bits per heavy atom. The first-order valence-corrected chi connectivity index (χ1v) is 11.7. The van der Waals surface area contributed by atoms with E-state index in [-0.39, 0.29) is 12.1 Å². The Hall–Kier alpha value is -2.73. The van der Waals surface area contributed by atoms with Gasteiger partial charge in [0.05, 0.1) is 17.8 Å². The van der Waals surface area contributed by atoms with Crippen LogP contribution in [0.5, 0.6) is 0 Å². The summed E-state index contributed by atoms with van der Waals surface area (Å²) in [6, 6.07) is 15.1. The molecule has 2 aliphatic rings. The first-order valence-electron chi connectivity index (χ1n) is 11.2. The normalized spacial score (nSPS) is 22.0. The Morgan fingerprint density at radius 2 is 1.71 bits per heavy atom. The average Bonchev–Trinajstić information content (AvgIpc) is 3.30. The van der Waals surface area contributed by atoms with Crippen LogP contribution in [0.4, 0.5) is 0 Å². The van der Waals surface area contributed by atoms with Gasteiger partial charge in [-0.25, -0.2) is 4.98 Å². The molecule has 1 aliphatic carbocycles. The van der Waals surface area contributed by atoms with Crippen LogP contribution < -0.4 is 5.32 Å². The minimum Gasteiger partial charge on any atom is -0.352 e. The molecule has 4 heterocycles.